The van der Waals surface area contributed by atoms with Crippen molar-refractivity contribution in [1.82, 2.24) is 0 Å². The highest BCUT2D eigenvalue weighted by Crippen LogP contribution is 2.16. The first-order chi connectivity index (χ1) is 5.63. The molecule has 0 bridgehead atoms. The second kappa shape index (κ2) is 5.81. The average molecular weight is 169 g/mol. The summed E-state index contributed by atoms with van der Waals surface area (Å²) in [6, 6.07) is 0. The first-order valence-corrected chi connectivity index (χ1v) is 4.61. The molecule has 0 saturated heterocycles. The Morgan fingerprint density at radius 3 is 1.83 bits per heavy atom. The third-order valence-corrected chi connectivity index (χ3v) is 2.00. The van der Waals surface area contributed by atoms with Gasteiger partial charge in [-0.2, -0.15) is 0 Å². The number of allylic oxidation sites excluding steroid dienone is 1. The zero-order valence-electron chi connectivity index (χ0n) is 8.31. The van der Waals surface area contributed by atoms with Gasteiger partial charge in [-0.05, 0) is 19.8 Å². The molecule has 0 radical (unpaired) electrons. The maximum absolute atomic E-state index is 10.9. The molecule has 0 spiro atoms. The average Bonchev–Trinajstić information content (AvgIpc) is 2.03. The van der Waals surface area contributed by atoms with E-state index >= 15 is 0 Å². The molecular formula is C10H19NO. The van der Waals surface area contributed by atoms with Crippen molar-refractivity contribution in [2.75, 3.05) is 0 Å². The Labute approximate surface area is 74.8 Å². The van der Waals surface area contributed by atoms with E-state index in [0.29, 0.717) is 0 Å². The number of hydrogen-bond donors (Lipinski definition) is 1. The third-order valence-electron chi connectivity index (χ3n) is 2.00. The summed E-state index contributed by atoms with van der Waals surface area (Å²) in [5.74, 6) is -0.271. The van der Waals surface area contributed by atoms with E-state index in [2.05, 4.69) is 13.8 Å². The van der Waals surface area contributed by atoms with E-state index in [1.165, 1.54) is 5.57 Å². The zero-order valence-corrected chi connectivity index (χ0v) is 8.31. The quantitative estimate of drug-likeness (QED) is 0.631. The SMILES string of the molecule is CCCC(CCC)=C(C)C(N)=O. The van der Waals surface area contributed by atoms with Gasteiger partial charge in [0.15, 0.2) is 0 Å². The third kappa shape index (κ3) is 3.56. The fraction of sp³-hybridized carbons (Fsp3) is 0.700. The normalized spacial score (nSPS) is 9.58. The lowest BCUT2D eigenvalue weighted by Gasteiger charge is -2.07. The standard InChI is InChI=1S/C10H19NO/c1-4-6-9(7-5-2)8(3)10(11)12/h4-7H2,1-3H3,(H2,11,12). The number of carbonyl (C=O) groups excluding carboxylic acids is 1. The molecule has 1 amide bonds. The van der Waals surface area contributed by atoms with Crippen LogP contribution in [-0.2, 0) is 4.79 Å². The van der Waals surface area contributed by atoms with Crippen LogP contribution in [0.2, 0.25) is 0 Å². The predicted octanol–water partition coefficient (Wildman–Crippen LogP) is 2.39. The molecule has 0 aliphatic carbocycles. The van der Waals surface area contributed by atoms with Gasteiger partial charge in [-0.15, -0.1) is 0 Å². The number of amides is 1. The van der Waals surface area contributed by atoms with Crippen LogP contribution in [0.3, 0.4) is 0 Å². The fourth-order valence-electron chi connectivity index (χ4n) is 1.28. The van der Waals surface area contributed by atoms with Crippen LogP contribution in [0.4, 0.5) is 0 Å². The van der Waals surface area contributed by atoms with Gasteiger partial charge in [-0.3, -0.25) is 4.79 Å². The van der Waals surface area contributed by atoms with Gasteiger partial charge in [0.2, 0.25) is 5.91 Å². The van der Waals surface area contributed by atoms with Crippen LogP contribution in [0.15, 0.2) is 11.1 Å². The predicted molar refractivity (Wildman–Crippen MR) is 51.7 cm³/mol. The van der Waals surface area contributed by atoms with Crippen molar-refractivity contribution in [3.63, 3.8) is 0 Å². The molecule has 0 saturated carbocycles. The number of rotatable bonds is 5. The highest BCUT2D eigenvalue weighted by atomic mass is 16.1. The highest BCUT2D eigenvalue weighted by Gasteiger charge is 2.05. The van der Waals surface area contributed by atoms with Crippen LogP contribution in [-0.4, -0.2) is 5.91 Å². The summed E-state index contributed by atoms with van der Waals surface area (Å²) in [6.07, 6.45) is 4.17. The van der Waals surface area contributed by atoms with Crippen molar-refractivity contribution < 1.29 is 4.79 Å². The minimum atomic E-state index is -0.271. The van der Waals surface area contributed by atoms with E-state index in [4.69, 9.17) is 5.73 Å². The molecule has 0 rings (SSSR count). The second-order valence-electron chi connectivity index (χ2n) is 3.09. The zero-order chi connectivity index (χ0) is 9.56. The Kier molecular flexibility index (Phi) is 5.43. The summed E-state index contributed by atoms with van der Waals surface area (Å²) < 4.78 is 0. The van der Waals surface area contributed by atoms with Crippen LogP contribution in [0.25, 0.3) is 0 Å². The number of primary amides is 1. The summed E-state index contributed by atoms with van der Waals surface area (Å²) in [7, 11) is 0. The molecule has 0 aromatic heterocycles. The van der Waals surface area contributed by atoms with E-state index in [0.717, 1.165) is 31.3 Å². The molecule has 2 heteroatoms. The lowest BCUT2D eigenvalue weighted by Crippen LogP contribution is -2.13. The Hall–Kier alpha value is -0.790. The Bertz CT molecular complexity index is 174. The van der Waals surface area contributed by atoms with Crippen LogP contribution in [0.1, 0.15) is 46.5 Å². The van der Waals surface area contributed by atoms with Gasteiger partial charge in [-0.25, -0.2) is 0 Å². The van der Waals surface area contributed by atoms with Crippen molar-refractivity contribution in [3.8, 4) is 0 Å². The Balaban J connectivity index is 4.43. The minimum Gasteiger partial charge on any atom is -0.366 e. The smallest absolute Gasteiger partial charge is 0.244 e. The molecule has 0 atom stereocenters. The molecule has 0 aromatic rings. The monoisotopic (exact) mass is 169 g/mol. The van der Waals surface area contributed by atoms with Crippen molar-refractivity contribution >= 4 is 5.91 Å². The summed E-state index contributed by atoms with van der Waals surface area (Å²) in [6.45, 7) is 6.05. The first kappa shape index (κ1) is 11.2. The van der Waals surface area contributed by atoms with Gasteiger partial charge in [0.1, 0.15) is 0 Å². The first-order valence-electron chi connectivity index (χ1n) is 4.61. The molecule has 0 aliphatic heterocycles. The van der Waals surface area contributed by atoms with E-state index in [1.54, 1.807) is 0 Å². The highest BCUT2D eigenvalue weighted by molar-refractivity contribution is 5.92. The maximum Gasteiger partial charge on any atom is 0.244 e. The van der Waals surface area contributed by atoms with Crippen molar-refractivity contribution in [2.24, 2.45) is 5.73 Å². The van der Waals surface area contributed by atoms with Gasteiger partial charge in [0.25, 0.3) is 0 Å². The summed E-state index contributed by atoms with van der Waals surface area (Å²) in [5, 5.41) is 0. The van der Waals surface area contributed by atoms with Crippen molar-refractivity contribution in [2.45, 2.75) is 46.5 Å². The lowest BCUT2D eigenvalue weighted by atomic mass is 10.00. The number of carbonyl (C=O) groups is 1. The van der Waals surface area contributed by atoms with Crippen molar-refractivity contribution in [1.29, 1.82) is 0 Å². The molecular weight excluding hydrogens is 150 g/mol. The van der Waals surface area contributed by atoms with E-state index in [1.807, 2.05) is 6.92 Å². The van der Waals surface area contributed by atoms with E-state index in [-0.39, 0.29) is 5.91 Å². The molecule has 2 nitrogen and oxygen atoms in total. The number of nitrogens with two attached hydrogens (primary N) is 1. The van der Waals surface area contributed by atoms with Crippen LogP contribution >= 0.6 is 0 Å². The number of hydrogen-bond acceptors (Lipinski definition) is 1. The summed E-state index contributed by atoms with van der Waals surface area (Å²) >= 11 is 0. The Morgan fingerprint density at radius 1 is 1.17 bits per heavy atom. The molecule has 0 aliphatic rings. The molecule has 2 N–H and O–H groups in total. The van der Waals surface area contributed by atoms with Crippen molar-refractivity contribution in [3.05, 3.63) is 11.1 Å². The van der Waals surface area contributed by atoms with Gasteiger partial charge in [0, 0.05) is 5.57 Å². The maximum atomic E-state index is 10.9. The molecule has 0 aromatic carbocycles. The summed E-state index contributed by atoms with van der Waals surface area (Å²) in [5.41, 5.74) is 7.19. The lowest BCUT2D eigenvalue weighted by molar-refractivity contribution is -0.114. The van der Waals surface area contributed by atoms with Gasteiger partial charge in [0.05, 0.1) is 0 Å². The van der Waals surface area contributed by atoms with Gasteiger partial charge < -0.3 is 5.73 Å². The van der Waals surface area contributed by atoms with Crippen LogP contribution in [0, 0.1) is 0 Å². The molecule has 0 fully saturated rings. The van der Waals surface area contributed by atoms with E-state index in [9.17, 15) is 4.79 Å². The molecule has 0 heterocycles. The van der Waals surface area contributed by atoms with Crippen LogP contribution in [0.5, 0.6) is 0 Å². The van der Waals surface area contributed by atoms with E-state index < -0.39 is 0 Å². The molecule has 70 valence electrons. The van der Waals surface area contributed by atoms with Crippen LogP contribution < -0.4 is 5.73 Å². The fourth-order valence-corrected chi connectivity index (χ4v) is 1.28. The topological polar surface area (TPSA) is 43.1 Å². The van der Waals surface area contributed by atoms with Gasteiger partial charge in [-0.1, -0.05) is 32.3 Å². The molecule has 0 unspecified atom stereocenters. The summed E-state index contributed by atoms with van der Waals surface area (Å²) in [4.78, 5) is 10.9. The minimum absolute atomic E-state index is 0.271. The molecule has 12 heavy (non-hydrogen) atoms. The Morgan fingerprint density at radius 2 is 1.58 bits per heavy atom. The van der Waals surface area contributed by atoms with Gasteiger partial charge >= 0.3 is 0 Å². The largest absolute Gasteiger partial charge is 0.366 e. The second-order valence-corrected chi connectivity index (χ2v) is 3.09.